The second-order valence-electron chi connectivity index (χ2n) is 9.75. The number of ether oxygens (including phenoxy) is 3. The van der Waals surface area contributed by atoms with Gasteiger partial charge >= 0.3 is 11.9 Å². The molecule has 0 radical (unpaired) electrons. The highest BCUT2D eigenvalue weighted by Gasteiger charge is 2.33. The number of nitrogens with zero attached hydrogens (tertiary/aromatic N) is 2. The summed E-state index contributed by atoms with van der Waals surface area (Å²) in [5.41, 5.74) is 3.00. The molecule has 8 nitrogen and oxygen atoms in total. The van der Waals surface area contributed by atoms with E-state index in [1.54, 1.807) is 57.2 Å². The highest BCUT2D eigenvalue weighted by Crippen LogP contribution is 2.31. The number of fused-ring (bicyclic) bond motifs is 1. The molecule has 2 heterocycles. The van der Waals surface area contributed by atoms with E-state index in [2.05, 4.69) is 20.9 Å². The maximum absolute atomic E-state index is 13.8. The Balaban J connectivity index is 1.43. The molecule has 0 spiro atoms. The van der Waals surface area contributed by atoms with E-state index in [0.717, 1.165) is 11.1 Å². The van der Waals surface area contributed by atoms with Crippen LogP contribution < -0.4 is 19.6 Å². The van der Waals surface area contributed by atoms with Crippen molar-refractivity contribution in [1.82, 2.24) is 4.57 Å². The van der Waals surface area contributed by atoms with Gasteiger partial charge in [0.25, 0.3) is 5.56 Å². The van der Waals surface area contributed by atoms with Crippen LogP contribution in [0.15, 0.2) is 92.3 Å². The van der Waals surface area contributed by atoms with Crippen molar-refractivity contribution in [3.63, 3.8) is 0 Å². The average Bonchev–Trinajstić information content (AvgIpc) is 3.30. The van der Waals surface area contributed by atoms with Crippen LogP contribution in [0.4, 0.5) is 4.39 Å². The molecule has 1 aromatic heterocycles. The molecule has 1 aliphatic rings. The molecule has 1 aliphatic heterocycles. The third-order valence-electron chi connectivity index (χ3n) is 6.82. The normalized spacial score (nSPS) is 14.6. The summed E-state index contributed by atoms with van der Waals surface area (Å²) >= 11 is 4.76. The first-order valence-corrected chi connectivity index (χ1v) is 15.4. The van der Waals surface area contributed by atoms with Crippen LogP contribution in [0.3, 0.4) is 0 Å². The molecule has 0 bridgehead atoms. The molecule has 0 saturated carbocycles. The van der Waals surface area contributed by atoms with Gasteiger partial charge in [0.05, 0.1) is 45.1 Å². The van der Waals surface area contributed by atoms with Gasteiger partial charge in [-0.25, -0.2) is 19.0 Å². The van der Waals surface area contributed by atoms with E-state index in [4.69, 9.17) is 14.2 Å². The molecule has 0 saturated heterocycles. The lowest BCUT2D eigenvalue weighted by atomic mass is 9.96. The second-order valence-corrected chi connectivity index (χ2v) is 11.6. The van der Waals surface area contributed by atoms with Gasteiger partial charge in [-0.2, -0.15) is 0 Å². The molecule has 0 amide bonds. The minimum Gasteiger partial charge on any atom is -0.488 e. The quantitative estimate of drug-likeness (QED) is 0.218. The fraction of sp³-hybridized carbons (Fsp3) is 0.212. The molecular weight excluding hydrogens is 651 g/mol. The second kappa shape index (κ2) is 13.5. The molecule has 4 aromatic rings. The predicted molar refractivity (Wildman–Crippen MR) is 168 cm³/mol. The Bertz CT molecular complexity index is 1930. The smallest absolute Gasteiger partial charge is 0.338 e. The Morgan fingerprint density at radius 2 is 1.68 bits per heavy atom. The number of rotatable bonds is 9. The van der Waals surface area contributed by atoms with Crippen LogP contribution in [0.5, 0.6) is 5.75 Å². The molecular formula is C33H28BrFN2O6S. The summed E-state index contributed by atoms with van der Waals surface area (Å²) in [5.74, 6) is -0.772. The molecule has 3 aromatic carbocycles. The highest BCUT2D eigenvalue weighted by molar-refractivity contribution is 9.10. The van der Waals surface area contributed by atoms with Gasteiger partial charge in [-0.1, -0.05) is 41.7 Å². The van der Waals surface area contributed by atoms with Crippen LogP contribution in [0.25, 0.3) is 6.08 Å². The van der Waals surface area contributed by atoms with Crippen molar-refractivity contribution in [3.8, 4) is 5.75 Å². The van der Waals surface area contributed by atoms with E-state index in [1.165, 1.54) is 28.0 Å². The number of carbonyl (C=O) groups is 2. The van der Waals surface area contributed by atoms with Gasteiger partial charge in [-0.05, 0) is 95.9 Å². The standard InChI is InChI=1S/C33H28BrFN2O6S/c1-4-41-31(39)23-9-6-20(7-10-23)18-43-26-15-8-21(16-25(26)34)17-27-30(38)37-29(22-11-13-24(35)14-12-22)28(32(40)42-5-2)19(3)36-33(37)44-27/h6-17,29H,4-5,18H2,1-3H3/b27-17-/t29-/m1/s1. The average molecular weight is 680 g/mol. The van der Waals surface area contributed by atoms with Gasteiger partial charge in [0.1, 0.15) is 18.2 Å². The third kappa shape index (κ3) is 6.58. The minimum atomic E-state index is -0.818. The van der Waals surface area contributed by atoms with Crippen molar-refractivity contribution < 1.29 is 28.2 Å². The molecule has 11 heteroatoms. The Morgan fingerprint density at radius 1 is 1.00 bits per heavy atom. The molecule has 1 atom stereocenters. The highest BCUT2D eigenvalue weighted by atomic mass is 79.9. The van der Waals surface area contributed by atoms with E-state index >= 15 is 0 Å². The molecule has 5 rings (SSSR count). The number of thiazole rings is 1. The van der Waals surface area contributed by atoms with E-state index in [9.17, 15) is 18.8 Å². The Morgan fingerprint density at radius 3 is 2.34 bits per heavy atom. The number of allylic oxidation sites excluding steroid dienone is 1. The minimum absolute atomic E-state index is 0.159. The number of halogens is 2. The summed E-state index contributed by atoms with van der Waals surface area (Å²) in [6.07, 6.45) is 1.75. The Labute approximate surface area is 264 Å². The van der Waals surface area contributed by atoms with Crippen LogP contribution in [0.2, 0.25) is 0 Å². The number of benzene rings is 3. The van der Waals surface area contributed by atoms with Gasteiger partial charge in [0.15, 0.2) is 4.80 Å². The first-order chi connectivity index (χ1) is 21.2. The van der Waals surface area contributed by atoms with Gasteiger partial charge in [-0.3, -0.25) is 9.36 Å². The zero-order valence-corrected chi connectivity index (χ0v) is 26.5. The number of aromatic nitrogens is 1. The van der Waals surface area contributed by atoms with Crippen molar-refractivity contribution in [1.29, 1.82) is 0 Å². The summed E-state index contributed by atoms with van der Waals surface area (Å²) in [4.78, 5) is 43.6. The van der Waals surface area contributed by atoms with Gasteiger partial charge in [-0.15, -0.1) is 0 Å². The van der Waals surface area contributed by atoms with Crippen molar-refractivity contribution >= 4 is 45.3 Å². The number of esters is 2. The van der Waals surface area contributed by atoms with Gasteiger partial charge in [0.2, 0.25) is 0 Å². The fourth-order valence-corrected chi connectivity index (χ4v) is 6.30. The Kier molecular flexibility index (Phi) is 9.55. The maximum atomic E-state index is 13.8. The van der Waals surface area contributed by atoms with Crippen LogP contribution in [-0.2, 0) is 20.9 Å². The fourth-order valence-electron chi connectivity index (χ4n) is 4.74. The lowest BCUT2D eigenvalue weighted by Crippen LogP contribution is -2.39. The first kappa shape index (κ1) is 31.1. The number of hydrogen-bond donors (Lipinski definition) is 0. The molecule has 0 unspecified atom stereocenters. The molecule has 0 fully saturated rings. The summed E-state index contributed by atoms with van der Waals surface area (Å²) in [7, 11) is 0. The van der Waals surface area contributed by atoms with Gasteiger partial charge < -0.3 is 14.2 Å². The van der Waals surface area contributed by atoms with Crippen molar-refractivity contribution in [2.24, 2.45) is 4.99 Å². The zero-order valence-electron chi connectivity index (χ0n) is 24.1. The van der Waals surface area contributed by atoms with Crippen molar-refractivity contribution in [2.75, 3.05) is 13.2 Å². The van der Waals surface area contributed by atoms with E-state index in [-0.39, 0.29) is 30.3 Å². The van der Waals surface area contributed by atoms with E-state index in [0.29, 0.717) is 43.0 Å². The van der Waals surface area contributed by atoms with Crippen LogP contribution >= 0.6 is 27.3 Å². The zero-order chi connectivity index (χ0) is 31.4. The number of hydrogen-bond acceptors (Lipinski definition) is 8. The molecule has 0 aliphatic carbocycles. The molecule has 0 N–H and O–H groups in total. The summed E-state index contributed by atoms with van der Waals surface area (Å²) in [6.45, 7) is 5.92. The Hall–Kier alpha value is -4.35. The number of carbonyl (C=O) groups excluding carboxylic acids is 2. The van der Waals surface area contributed by atoms with Crippen LogP contribution in [0.1, 0.15) is 53.9 Å². The third-order valence-corrected chi connectivity index (χ3v) is 8.42. The SMILES string of the molecule is CCOC(=O)C1=C(C)N=c2s/c(=C\c3ccc(OCc4ccc(C(=O)OCC)cc4)c(Br)c3)c(=O)n2[C@@H]1c1ccc(F)cc1. The summed E-state index contributed by atoms with van der Waals surface area (Å²) < 4.78 is 32.6. The summed E-state index contributed by atoms with van der Waals surface area (Å²) in [6, 6.07) is 17.4. The van der Waals surface area contributed by atoms with E-state index in [1.807, 2.05) is 24.3 Å². The predicted octanol–water partition coefficient (Wildman–Crippen LogP) is 5.46. The topological polar surface area (TPSA) is 96.2 Å². The van der Waals surface area contributed by atoms with Crippen LogP contribution in [0, 0.1) is 5.82 Å². The lowest BCUT2D eigenvalue weighted by Gasteiger charge is -2.24. The first-order valence-electron chi connectivity index (χ1n) is 13.8. The maximum Gasteiger partial charge on any atom is 0.338 e. The van der Waals surface area contributed by atoms with Crippen LogP contribution in [-0.4, -0.2) is 29.7 Å². The van der Waals surface area contributed by atoms with Crippen molar-refractivity contribution in [2.45, 2.75) is 33.4 Å². The van der Waals surface area contributed by atoms with E-state index < -0.39 is 17.8 Å². The van der Waals surface area contributed by atoms with Gasteiger partial charge in [0, 0.05) is 0 Å². The summed E-state index contributed by atoms with van der Waals surface area (Å²) in [5, 5.41) is 0. The molecule has 226 valence electrons. The monoisotopic (exact) mass is 678 g/mol. The molecule has 44 heavy (non-hydrogen) atoms. The van der Waals surface area contributed by atoms with Crippen molar-refractivity contribution in [3.05, 3.63) is 130 Å². The largest absolute Gasteiger partial charge is 0.488 e. The lowest BCUT2D eigenvalue weighted by molar-refractivity contribution is -0.139.